The monoisotopic (exact) mass is 264 g/mol. The fraction of sp³-hybridized carbons (Fsp3) is 0.867. The van der Waals surface area contributed by atoms with Crippen LogP contribution < -0.4 is 5.73 Å². The molecule has 0 radical (unpaired) electrons. The highest BCUT2D eigenvalue weighted by molar-refractivity contribution is 4.98. The van der Waals surface area contributed by atoms with Crippen molar-refractivity contribution in [2.45, 2.75) is 65.3 Å². The Labute approximate surface area is 116 Å². The fourth-order valence-corrected chi connectivity index (χ4v) is 3.32. The van der Waals surface area contributed by atoms with E-state index >= 15 is 0 Å². The number of aromatic nitrogens is 3. The van der Waals surface area contributed by atoms with E-state index in [-0.39, 0.29) is 5.41 Å². The summed E-state index contributed by atoms with van der Waals surface area (Å²) in [6.45, 7) is 7.38. The Morgan fingerprint density at radius 1 is 1.42 bits per heavy atom. The first-order valence-electron chi connectivity index (χ1n) is 7.68. The van der Waals surface area contributed by atoms with Crippen LogP contribution in [0, 0.1) is 11.3 Å². The molecule has 1 aromatic heterocycles. The molecule has 1 aromatic rings. The molecule has 1 aliphatic carbocycles. The van der Waals surface area contributed by atoms with Gasteiger partial charge >= 0.3 is 0 Å². The van der Waals surface area contributed by atoms with E-state index in [1.165, 1.54) is 32.1 Å². The standard InChI is InChI=1S/C15H28N4/c1-4-13-5-7-15(10-16,8-6-13)9-14-17-11-18-19(14)12(2)3/h11-13H,4-10,16H2,1-3H3. The molecule has 1 saturated carbocycles. The molecule has 0 bridgehead atoms. The van der Waals surface area contributed by atoms with Gasteiger partial charge in [-0.15, -0.1) is 0 Å². The summed E-state index contributed by atoms with van der Waals surface area (Å²) in [6, 6.07) is 0.374. The van der Waals surface area contributed by atoms with E-state index in [9.17, 15) is 0 Å². The van der Waals surface area contributed by atoms with Crippen LogP contribution in [0.25, 0.3) is 0 Å². The smallest absolute Gasteiger partial charge is 0.138 e. The van der Waals surface area contributed by atoms with E-state index in [1.807, 2.05) is 4.68 Å². The molecular weight excluding hydrogens is 236 g/mol. The number of hydrogen-bond acceptors (Lipinski definition) is 3. The van der Waals surface area contributed by atoms with Crippen LogP contribution in [-0.4, -0.2) is 21.3 Å². The third-order valence-corrected chi connectivity index (χ3v) is 4.85. The van der Waals surface area contributed by atoms with E-state index < -0.39 is 0 Å². The van der Waals surface area contributed by atoms with Crippen molar-refractivity contribution >= 4 is 0 Å². The highest BCUT2D eigenvalue weighted by atomic mass is 15.3. The lowest BCUT2D eigenvalue weighted by molar-refractivity contribution is 0.148. The molecule has 0 atom stereocenters. The van der Waals surface area contributed by atoms with Gasteiger partial charge in [0.1, 0.15) is 12.2 Å². The second-order valence-electron chi connectivity index (χ2n) is 6.45. The van der Waals surface area contributed by atoms with E-state index in [2.05, 4.69) is 30.9 Å². The average Bonchev–Trinajstić information content (AvgIpc) is 2.87. The van der Waals surface area contributed by atoms with Gasteiger partial charge in [-0.1, -0.05) is 13.3 Å². The zero-order valence-corrected chi connectivity index (χ0v) is 12.6. The molecule has 1 aliphatic rings. The van der Waals surface area contributed by atoms with Gasteiger partial charge in [-0.25, -0.2) is 9.67 Å². The van der Waals surface area contributed by atoms with E-state index in [0.29, 0.717) is 6.04 Å². The van der Waals surface area contributed by atoms with Gasteiger partial charge in [0.2, 0.25) is 0 Å². The highest BCUT2D eigenvalue weighted by Crippen LogP contribution is 2.41. The zero-order chi connectivity index (χ0) is 13.9. The largest absolute Gasteiger partial charge is 0.330 e. The quantitative estimate of drug-likeness (QED) is 0.889. The Bertz CT molecular complexity index is 389. The Morgan fingerprint density at radius 3 is 2.63 bits per heavy atom. The lowest BCUT2D eigenvalue weighted by Crippen LogP contribution is -2.37. The van der Waals surface area contributed by atoms with Crippen molar-refractivity contribution < 1.29 is 0 Å². The third-order valence-electron chi connectivity index (χ3n) is 4.85. The Kier molecular flexibility index (Phi) is 4.61. The molecule has 4 heteroatoms. The van der Waals surface area contributed by atoms with Crippen molar-refractivity contribution in [3.05, 3.63) is 12.2 Å². The first-order chi connectivity index (χ1) is 9.10. The topological polar surface area (TPSA) is 56.7 Å². The molecule has 0 spiro atoms. The molecule has 0 aliphatic heterocycles. The van der Waals surface area contributed by atoms with Crippen molar-refractivity contribution in [2.75, 3.05) is 6.54 Å². The van der Waals surface area contributed by atoms with E-state index in [0.717, 1.165) is 24.7 Å². The van der Waals surface area contributed by atoms with Crippen molar-refractivity contribution in [1.82, 2.24) is 14.8 Å². The minimum atomic E-state index is 0.255. The zero-order valence-electron chi connectivity index (χ0n) is 12.6. The average molecular weight is 264 g/mol. The number of nitrogens with zero attached hydrogens (tertiary/aromatic N) is 3. The van der Waals surface area contributed by atoms with Gasteiger partial charge in [0.15, 0.2) is 0 Å². The van der Waals surface area contributed by atoms with Crippen molar-refractivity contribution in [2.24, 2.45) is 17.1 Å². The summed E-state index contributed by atoms with van der Waals surface area (Å²) in [5, 5.41) is 4.34. The molecule has 0 amide bonds. The molecule has 4 nitrogen and oxygen atoms in total. The number of nitrogens with two attached hydrogens (primary N) is 1. The predicted molar refractivity (Wildman–Crippen MR) is 77.8 cm³/mol. The van der Waals surface area contributed by atoms with Gasteiger partial charge in [-0.05, 0) is 57.4 Å². The van der Waals surface area contributed by atoms with Crippen LogP contribution >= 0.6 is 0 Å². The molecule has 0 unspecified atom stereocenters. The lowest BCUT2D eigenvalue weighted by atomic mass is 9.68. The molecule has 108 valence electrons. The SMILES string of the molecule is CCC1CCC(CN)(Cc2ncnn2C(C)C)CC1. The molecule has 19 heavy (non-hydrogen) atoms. The van der Waals surface area contributed by atoms with Gasteiger partial charge in [0, 0.05) is 12.5 Å². The summed E-state index contributed by atoms with van der Waals surface area (Å²) >= 11 is 0. The highest BCUT2D eigenvalue weighted by Gasteiger charge is 2.35. The fourth-order valence-electron chi connectivity index (χ4n) is 3.32. The molecule has 1 fully saturated rings. The Balaban J connectivity index is 2.09. The van der Waals surface area contributed by atoms with Crippen molar-refractivity contribution in [3.63, 3.8) is 0 Å². The minimum absolute atomic E-state index is 0.255. The summed E-state index contributed by atoms with van der Waals surface area (Å²) in [4.78, 5) is 4.46. The first-order valence-corrected chi connectivity index (χ1v) is 7.68. The molecule has 2 rings (SSSR count). The molecule has 2 N–H and O–H groups in total. The second kappa shape index (κ2) is 6.04. The van der Waals surface area contributed by atoms with Gasteiger partial charge in [0.05, 0.1) is 0 Å². The predicted octanol–water partition coefficient (Wildman–Crippen LogP) is 2.95. The maximum absolute atomic E-state index is 6.11. The maximum atomic E-state index is 6.11. The molecule has 1 heterocycles. The van der Waals surface area contributed by atoms with Crippen LogP contribution in [0.4, 0.5) is 0 Å². The van der Waals surface area contributed by atoms with Gasteiger partial charge in [-0.2, -0.15) is 5.10 Å². The summed E-state index contributed by atoms with van der Waals surface area (Å²) in [5.41, 5.74) is 6.37. The van der Waals surface area contributed by atoms with Crippen LogP contribution in [-0.2, 0) is 6.42 Å². The van der Waals surface area contributed by atoms with Crippen molar-refractivity contribution in [3.8, 4) is 0 Å². The molecule has 0 saturated heterocycles. The van der Waals surface area contributed by atoms with Crippen LogP contribution in [0.2, 0.25) is 0 Å². The van der Waals surface area contributed by atoms with Crippen LogP contribution in [0.1, 0.15) is 64.7 Å². The lowest BCUT2D eigenvalue weighted by Gasteiger charge is -2.39. The Morgan fingerprint density at radius 2 is 2.11 bits per heavy atom. The summed E-state index contributed by atoms with van der Waals surface area (Å²) < 4.78 is 2.04. The van der Waals surface area contributed by atoms with E-state index in [4.69, 9.17) is 5.73 Å². The van der Waals surface area contributed by atoms with Crippen molar-refractivity contribution in [1.29, 1.82) is 0 Å². The normalized spacial score (nSPS) is 27.9. The summed E-state index contributed by atoms with van der Waals surface area (Å²) in [5.74, 6) is 2.01. The van der Waals surface area contributed by atoms with E-state index in [1.54, 1.807) is 6.33 Å². The number of hydrogen-bond donors (Lipinski definition) is 1. The number of rotatable bonds is 5. The molecule has 0 aromatic carbocycles. The van der Waals surface area contributed by atoms with Gasteiger partial charge < -0.3 is 5.73 Å². The first kappa shape index (κ1) is 14.5. The third kappa shape index (κ3) is 3.16. The summed E-state index contributed by atoms with van der Waals surface area (Å²) in [7, 11) is 0. The van der Waals surface area contributed by atoms with Crippen LogP contribution in [0.5, 0.6) is 0 Å². The second-order valence-corrected chi connectivity index (χ2v) is 6.45. The Hall–Kier alpha value is -0.900. The van der Waals surface area contributed by atoms with Gasteiger partial charge in [0.25, 0.3) is 0 Å². The van der Waals surface area contributed by atoms with Crippen LogP contribution in [0.15, 0.2) is 6.33 Å². The maximum Gasteiger partial charge on any atom is 0.138 e. The minimum Gasteiger partial charge on any atom is -0.330 e. The van der Waals surface area contributed by atoms with Gasteiger partial charge in [-0.3, -0.25) is 0 Å². The van der Waals surface area contributed by atoms with Crippen LogP contribution in [0.3, 0.4) is 0 Å². The molecular formula is C15H28N4. The summed E-state index contributed by atoms with van der Waals surface area (Å²) in [6.07, 6.45) is 9.10.